The molecule has 2 aromatic heterocycles. The van der Waals surface area contributed by atoms with Gasteiger partial charge < -0.3 is 14.4 Å². The Kier molecular flexibility index (Phi) is 4.09. The Balaban J connectivity index is 1.67. The van der Waals surface area contributed by atoms with E-state index in [4.69, 9.17) is 4.52 Å². The highest BCUT2D eigenvalue weighted by molar-refractivity contribution is 5.88. The zero-order valence-corrected chi connectivity index (χ0v) is 12.9. The van der Waals surface area contributed by atoms with E-state index in [1.54, 1.807) is 25.5 Å². The van der Waals surface area contributed by atoms with E-state index >= 15 is 0 Å². The first kappa shape index (κ1) is 14.8. The van der Waals surface area contributed by atoms with Crippen LogP contribution < -0.4 is 10.6 Å². The summed E-state index contributed by atoms with van der Waals surface area (Å²) in [7, 11) is 0. The fourth-order valence-electron chi connectivity index (χ4n) is 2.22. The molecule has 0 unspecified atom stereocenters. The lowest BCUT2D eigenvalue weighted by Gasteiger charge is -2.15. The van der Waals surface area contributed by atoms with Gasteiger partial charge in [0.1, 0.15) is 5.76 Å². The van der Waals surface area contributed by atoms with Gasteiger partial charge in [0.15, 0.2) is 5.82 Å². The normalized spacial score (nSPS) is 11.9. The fraction of sp³-hybridized carbons (Fsp3) is 0.188. The molecule has 2 amide bonds. The second-order valence-corrected chi connectivity index (χ2v) is 5.21. The maximum atomic E-state index is 12.0. The number of urea groups is 1. The highest BCUT2D eigenvalue weighted by Crippen LogP contribution is 2.17. The van der Waals surface area contributed by atoms with Crippen LogP contribution in [0.5, 0.6) is 0 Å². The second-order valence-electron chi connectivity index (χ2n) is 5.21. The van der Waals surface area contributed by atoms with E-state index in [2.05, 4.69) is 20.8 Å². The number of rotatable bonds is 4. The smallest absolute Gasteiger partial charge is 0.320 e. The highest BCUT2D eigenvalue weighted by Gasteiger charge is 2.12. The number of aryl methyl sites for hydroxylation is 1. The molecule has 0 bridgehead atoms. The summed E-state index contributed by atoms with van der Waals surface area (Å²) in [5, 5.41) is 9.23. The molecule has 0 saturated heterocycles. The third-order valence-electron chi connectivity index (χ3n) is 3.39. The number of benzene rings is 1. The molecule has 23 heavy (non-hydrogen) atoms. The zero-order chi connectivity index (χ0) is 16.2. The van der Waals surface area contributed by atoms with Crippen LogP contribution in [-0.2, 0) is 0 Å². The molecule has 3 rings (SSSR count). The van der Waals surface area contributed by atoms with Crippen LogP contribution in [0.2, 0.25) is 0 Å². The maximum absolute atomic E-state index is 12.0. The van der Waals surface area contributed by atoms with E-state index in [0.29, 0.717) is 11.6 Å². The summed E-state index contributed by atoms with van der Waals surface area (Å²) in [6.07, 6.45) is 5.33. The lowest BCUT2D eigenvalue weighted by atomic mass is 10.1. The highest BCUT2D eigenvalue weighted by atomic mass is 16.5. The largest absolute Gasteiger partial charge is 0.360 e. The van der Waals surface area contributed by atoms with E-state index in [-0.39, 0.29) is 12.1 Å². The number of aromatic nitrogens is 3. The number of hydrogen-bond donors (Lipinski definition) is 2. The first-order valence-corrected chi connectivity index (χ1v) is 7.21. The molecule has 2 heterocycles. The fourth-order valence-corrected chi connectivity index (χ4v) is 2.22. The van der Waals surface area contributed by atoms with Gasteiger partial charge in [0.25, 0.3) is 0 Å². The molecule has 0 aliphatic rings. The number of carbonyl (C=O) groups excluding carboxylic acids is 1. The van der Waals surface area contributed by atoms with Gasteiger partial charge in [-0.3, -0.25) is 5.32 Å². The molecule has 3 aromatic rings. The Morgan fingerprint density at radius 3 is 2.91 bits per heavy atom. The number of nitrogens with one attached hydrogen (secondary N) is 2. The van der Waals surface area contributed by atoms with Crippen LogP contribution in [-0.4, -0.2) is 20.7 Å². The van der Waals surface area contributed by atoms with Crippen molar-refractivity contribution >= 4 is 11.8 Å². The van der Waals surface area contributed by atoms with Crippen LogP contribution in [0.1, 0.15) is 24.3 Å². The molecule has 1 aromatic carbocycles. The van der Waals surface area contributed by atoms with Gasteiger partial charge in [0.2, 0.25) is 0 Å². The van der Waals surface area contributed by atoms with E-state index < -0.39 is 0 Å². The van der Waals surface area contributed by atoms with E-state index in [1.807, 2.05) is 42.0 Å². The predicted octanol–water partition coefficient (Wildman–Crippen LogP) is 3.05. The quantitative estimate of drug-likeness (QED) is 0.775. The minimum atomic E-state index is -0.334. The molecule has 7 nitrogen and oxygen atoms in total. The van der Waals surface area contributed by atoms with E-state index in [1.165, 1.54) is 0 Å². The summed E-state index contributed by atoms with van der Waals surface area (Å²) in [5.74, 6) is 1.03. The number of nitrogens with zero attached hydrogens (tertiary/aromatic N) is 3. The zero-order valence-electron chi connectivity index (χ0n) is 12.9. The average Bonchev–Trinajstić information content (AvgIpc) is 3.19. The molecule has 1 atom stereocenters. The van der Waals surface area contributed by atoms with Crippen molar-refractivity contribution in [2.75, 3.05) is 5.32 Å². The number of carbonyl (C=O) groups is 1. The van der Waals surface area contributed by atoms with Crippen LogP contribution in [0.15, 0.2) is 53.6 Å². The molecule has 0 fully saturated rings. The number of amides is 2. The number of hydrogen-bond acceptors (Lipinski definition) is 4. The van der Waals surface area contributed by atoms with Gasteiger partial charge in [0, 0.05) is 24.1 Å². The van der Waals surface area contributed by atoms with Gasteiger partial charge in [-0.25, -0.2) is 9.78 Å². The van der Waals surface area contributed by atoms with Crippen molar-refractivity contribution in [3.63, 3.8) is 0 Å². The van der Waals surface area contributed by atoms with Crippen molar-refractivity contribution in [2.45, 2.75) is 19.9 Å². The van der Waals surface area contributed by atoms with Crippen molar-refractivity contribution in [3.05, 3.63) is 60.4 Å². The summed E-state index contributed by atoms with van der Waals surface area (Å²) in [5.41, 5.74) is 1.98. The van der Waals surface area contributed by atoms with Crippen molar-refractivity contribution in [3.8, 4) is 5.69 Å². The Morgan fingerprint density at radius 1 is 1.35 bits per heavy atom. The second kappa shape index (κ2) is 6.35. The van der Waals surface area contributed by atoms with E-state index in [0.717, 1.165) is 11.3 Å². The first-order valence-electron chi connectivity index (χ1n) is 7.21. The number of imidazole rings is 1. The lowest BCUT2D eigenvalue weighted by Crippen LogP contribution is -2.31. The van der Waals surface area contributed by atoms with Crippen LogP contribution in [0.4, 0.5) is 10.6 Å². The molecule has 0 aliphatic carbocycles. The first-order chi connectivity index (χ1) is 11.1. The summed E-state index contributed by atoms with van der Waals surface area (Å²) < 4.78 is 6.82. The minimum Gasteiger partial charge on any atom is -0.360 e. The SMILES string of the molecule is Cc1cc(NC(=O)N[C@H](C)c2cccc(-n3ccnc3)c2)no1. The molecule has 0 aliphatic heterocycles. The molecule has 2 N–H and O–H groups in total. The van der Waals surface area contributed by atoms with Gasteiger partial charge in [-0.05, 0) is 31.5 Å². The van der Waals surface area contributed by atoms with Crippen molar-refractivity contribution in [1.29, 1.82) is 0 Å². The topological polar surface area (TPSA) is 85.0 Å². The number of anilines is 1. The van der Waals surface area contributed by atoms with Crippen LogP contribution in [0, 0.1) is 6.92 Å². The Bertz CT molecular complexity index is 794. The third-order valence-corrected chi connectivity index (χ3v) is 3.39. The monoisotopic (exact) mass is 311 g/mol. The molecule has 7 heteroatoms. The van der Waals surface area contributed by atoms with Crippen molar-refractivity contribution < 1.29 is 9.32 Å². The van der Waals surface area contributed by atoms with Crippen molar-refractivity contribution in [2.24, 2.45) is 0 Å². The summed E-state index contributed by atoms with van der Waals surface area (Å²) in [6, 6.07) is 9.06. The van der Waals surface area contributed by atoms with Crippen LogP contribution >= 0.6 is 0 Å². The lowest BCUT2D eigenvalue weighted by molar-refractivity contribution is 0.249. The standard InChI is InChI=1S/C16H17N5O2/c1-11-8-15(20-23-11)19-16(22)18-12(2)13-4-3-5-14(9-13)21-7-6-17-10-21/h3-10,12H,1-2H3,(H2,18,19,20,22)/t12-/m1/s1. The maximum Gasteiger partial charge on any atom is 0.320 e. The Labute approximate surface area is 133 Å². The summed E-state index contributed by atoms with van der Waals surface area (Å²) >= 11 is 0. The predicted molar refractivity (Wildman–Crippen MR) is 85.4 cm³/mol. The molecular formula is C16H17N5O2. The van der Waals surface area contributed by atoms with Crippen LogP contribution in [0.3, 0.4) is 0 Å². The third kappa shape index (κ3) is 3.57. The molecular weight excluding hydrogens is 294 g/mol. The average molecular weight is 311 g/mol. The Morgan fingerprint density at radius 2 is 2.22 bits per heavy atom. The summed E-state index contributed by atoms with van der Waals surface area (Å²) in [4.78, 5) is 16.0. The van der Waals surface area contributed by atoms with Gasteiger partial charge >= 0.3 is 6.03 Å². The minimum absolute atomic E-state index is 0.161. The molecule has 0 saturated carbocycles. The van der Waals surface area contributed by atoms with Gasteiger partial charge in [-0.2, -0.15) is 0 Å². The van der Waals surface area contributed by atoms with E-state index in [9.17, 15) is 4.79 Å². The summed E-state index contributed by atoms with van der Waals surface area (Å²) in [6.45, 7) is 3.68. The Hall–Kier alpha value is -3.09. The van der Waals surface area contributed by atoms with Crippen LogP contribution in [0.25, 0.3) is 5.69 Å². The van der Waals surface area contributed by atoms with Crippen molar-refractivity contribution in [1.82, 2.24) is 20.0 Å². The molecule has 118 valence electrons. The molecule has 0 radical (unpaired) electrons. The van der Waals surface area contributed by atoms with Gasteiger partial charge in [-0.15, -0.1) is 0 Å². The van der Waals surface area contributed by atoms with Gasteiger partial charge in [0.05, 0.1) is 12.4 Å². The van der Waals surface area contributed by atoms with Gasteiger partial charge in [-0.1, -0.05) is 17.3 Å². The molecule has 0 spiro atoms.